The van der Waals surface area contributed by atoms with E-state index in [1.807, 2.05) is 26.0 Å². The molecular formula is C12H15ClN2OS. The Kier molecular flexibility index (Phi) is 3.84. The van der Waals surface area contributed by atoms with E-state index >= 15 is 0 Å². The molecule has 0 fully saturated rings. The zero-order valence-electron chi connectivity index (χ0n) is 9.81. The van der Waals surface area contributed by atoms with Gasteiger partial charge in [-0.25, -0.2) is 4.98 Å². The molecule has 1 N–H and O–H groups in total. The molecule has 0 saturated heterocycles. The number of nitrogens with one attached hydrogen (secondary N) is 1. The van der Waals surface area contributed by atoms with Crippen LogP contribution in [0.5, 0.6) is 5.88 Å². The number of hydrogen-bond acceptors (Lipinski definition) is 3. The first-order valence-corrected chi connectivity index (χ1v) is 6.49. The summed E-state index contributed by atoms with van der Waals surface area (Å²) in [6, 6.07) is 3.89. The quantitative estimate of drug-likeness (QED) is 0.661. The second-order valence-corrected chi connectivity index (χ2v) is 5.44. The summed E-state index contributed by atoms with van der Waals surface area (Å²) in [6.45, 7) is 4.00. The second-order valence-electron chi connectivity index (χ2n) is 4.29. The topological polar surface area (TPSA) is 34.1 Å². The molecule has 92 valence electrons. The molecule has 0 bridgehead atoms. The van der Waals surface area contributed by atoms with Gasteiger partial charge in [0, 0.05) is 18.0 Å². The van der Waals surface area contributed by atoms with Crippen molar-refractivity contribution in [2.24, 2.45) is 0 Å². The van der Waals surface area contributed by atoms with E-state index in [0.29, 0.717) is 10.9 Å². The normalized spacial score (nSPS) is 25.2. The predicted molar refractivity (Wildman–Crippen MR) is 72.9 cm³/mol. The van der Waals surface area contributed by atoms with Gasteiger partial charge in [0.05, 0.1) is 11.6 Å². The van der Waals surface area contributed by atoms with E-state index in [9.17, 15) is 0 Å². The average Bonchev–Trinajstić information content (AvgIpc) is 2.38. The molecule has 0 spiro atoms. The smallest absolute Gasteiger partial charge is 0.224 e. The lowest BCUT2D eigenvalue weighted by Gasteiger charge is -2.23. The Morgan fingerprint density at radius 3 is 3.12 bits per heavy atom. The van der Waals surface area contributed by atoms with E-state index in [-0.39, 0.29) is 17.5 Å². The van der Waals surface area contributed by atoms with Gasteiger partial charge in [0.25, 0.3) is 0 Å². The monoisotopic (exact) mass is 270 g/mol. The molecule has 0 aliphatic carbocycles. The van der Waals surface area contributed by atoms with Gasteiger partial charge in [-0.1, -0.05) is 12.2 Å². The van der Waals surface area contributed by atoms with Crippen LogP contribution < -0.4 is 10.1 Å². The van der Waals surface area contributed by atoms with Crippen LogP contribution in [0.15, 0.2) is 18.3 Å². The maximum absolute atomic E-state index is 6.03. The minimum Gasteiger partial charge on any atom is -0.472 e. The summed E-state index contributed by atoms with van der Waals surface area (Å²) in [5, 5.41) is 3.32. The molecule has 5 heteroatoms. The van der Waals surface area contributed by atoms with Gasteiger partial charge in [0.15, 0.2) is 0 Å². The van der Waals surface area contributed by atoms with E-state index in [2.05, 4.69) is 10.3 Å². The van der Waals surface area contributed by atoms with Crippen LogP contribution in [-0.2, 0) is 0 Å². The molecule has 0 amide bonds. The molecule has 17 heavy (non-hydrogen) atoms. The Morgan fingerprint density at radius 2 is 2.41 bits per heavy atom. The molecule has 3 atom stereocenters. The second kappa shape index (κ2) is 5.19. The van der Waals surface area contributed by atoms with Gasteiger partial charge in [-0.05, 0) is 26.0 Å². The molecule has 1 aliphatic rings. The predicted octanol–water partition coefficient (Wildman–Crippen LogP) is 2.51. The SMILES string of the molecule is CC(Cl)CC1Oc2ncccc2C(=S)NC1C. The van der Waals surface area contributed by atoms with Gasteiger partial charge >= 0.3 is 0 Å². The van der Waals surface area contributed by atoms with Crippen molar-refractivity contribution >= 4 is 28.8 Å². The number of nitrogens with zero attached hydrogens (tertiary/aromatic N) is 1. The number of ether oxygens (including phenoxy) is 1. The van der Waals surface area contributed by atoms with Crippen molar-refractivity contribution in [1.29, 1.82) is 0 Å². The molecule has 2 heterocycles. The van der Waals surface area contributed by atoms with Crippen LogP contribution in [0.3, 0.4) is 0 Å². The van der Waals surface area contributed by atoms with Gasteiger partial charge in [-0.2, -0.15) is 0 Å². The maximum Gasteiger partial charge on any atom is 0.224 e. The number of pyridine rings is 1. The number of hydrogen-bond donors (Lipinski definition) is 1. The number of thiocarbonyl (C=S) groups is 1. The number of fused-ring (bicyclic) bond motifs is 1. The van der Waals surface area contributed by atoms with Gasteiger partial charge in [-0.15, -0.1) is 11.6 Å². The third-order valence-electron chi connectivity index (χ3n) is 2.75. The molecule has 0 saturated carbocycles. The van der Waals surface area contributed by atoms with E-state index in [1.165, 1.54) is 0 Å². The van der Waals surface area contributed by atoms with Gasteiger partial charge in [-0.3, -0.25) is 0 Å². The fraction of sp³-hybridized carbons (Fsp3) is 0.500. The van der Waals surface area contributed by atoms with Crippen molar-refractivity contribution in [3.8, 4) is 5.88 Å². The Bertz CT molecular complexity index is 425. The summed E-state index contributed by atoms with van der Waals surface area (Å²) >= 11 is 11.4. The summed E-state index contributed by atoms with van der Waals surface area (Å²) in [6.07, 6.45) is 2.45. The van der Waals surface area contributed by atoms with Crippen molar-refractivity contribution < 1.29 is 4.74 Å². The molecular weight excluding hydrogens is 256 g/mol. The first-order valence-electron chi connectivity index (χ1n) is 5.64. The van der Waals surface area contributed by atoms with E-state index in [1.54, 1.807) is 6.20 Å². The Balaban J connectivity index is 2.28. The minimum atomic E-state index is -0.0170. The van der Waals surface area contributed by atoms with Crippen molar-refractivity contribution in [3.63, 3.8) is 0 Å². The van der Waals surface area contributed by atoms with Crippen LogP contribution >= 0.6 is 23.8 Å². The van der Waals surface area contributed by atoms with Crippen LogP contribution in [0.1, 0.15) is 25.8 Å². The molecule has 1 aromatic rings. The average molecular weight is 271 g/mol. The third kappa shape index (κ3) is 2.87. The van der Waals surface area contributed by atoms with Crippen molar-refractivity contribution in [3.05, 3.63) is 23.9 Å². The number of rotatable bonds is 2. The lowest BCUT2D eigenvalue weighted by molar-refractivity contribution is 0.157. The van der Waals surface area contributed by atoms with Crippen LogP contribution in [0.25, 0.3) is 0 Å². The maximum atomic E-state index is 6.03. The highest BCUT2D eigenvalue weighted by Crippen LogP contribution is 2.23. The Labute approximate surface area is 112 Å². The van der Waals surface area contributed by atoms with Crippen LogP contribution in [0.4, 0.5) is 0 Å². The zero-order chi connectivity index (χ0) is 12.4. The highest BCUT2D eigenvalue weighted by atomic mass is 35.5. The highest BCUT2D eigenvalue weighted by molar-refractivity contribution is 7.80. The van der Waals surface area contributed by atoms with Gasteiger partial charge in [0.1, 0.15) is 11.1 Å². The summed E-state index contributed by atoms with van der Waals surface area (Å²) < 4.78 is 5.90. The van der Waals surface area contributed by atoms with E-state index in [4.69, 9.17) is 28.6 Å². The summed E-state index contributed by atoms with van der Waals surface area (Å²) in [5.74, 6) is 0.594. The van der Waals surface area contributed by atoms with E-state index in [0.717, 1.165) is 12.0 Å². The van der Waals surface area contributed by atoms with Gasteiger partial charge < -0.3 is 10.1 Å². The number of alkyl halides is 1. The standard InChI is InChI=1S/C12H15ClN2OS/c1-7(13)6-10-8(2)15-12(17)9-4-3-5-14-11(9)16-10/h3-5,7-8,10H,6H2,1-2H3,(H,15,17). The lowest BCUT2D eigenvalue weighted by atomic mass is 10.1. The summed E-state index contributed by atoms with van der Waals surface area (Å²) in [4.78, 5) is 4.91. The Hall–Kier alpha value is -0.870. The largest absolute Gasteiger partial charge is 0.472 e. The van der Waals surface area contributed by atoms with Crippen molar-refractivity contribution in [1.82, 2.24) is 10.3 Å². The molecule has 1 aliphatic heterocycles. The molecule has 3 nitrogen and oxygen atoms in total. The molecule has 3 unspecified atom stereocenters. The number of aromatic nitrogens is 1. The van der Waals surface area contributed by atoms with Crippen molar-refractivity contribution in [2.75, 3.05) is 0 Å². The highest BCUT2D eigenvalue weighted by Gasteiger charge is 2.27. The zero-order valence-corrected chi connectivity index (χ0v) is 11.4. The van der Waals surface area contributed by atoms with E-state index < -0.39 is 0 Å². The molecule has 2 rings (SSSR count). The third-order valence-corrected chi connectivity index (χ3v) is 3.27. The fourth-order valence-electron chi connectivity index (χ4n) is 1.85. The minimum absolute atomic E-state index is 0.0170. The summed E-state index contributed by atoms with van der Waals surface area (Å²) in [5.41, 5.74) is 0.846. The molecule has 0 radical (unpaired) electrons. The summed E-state index contributed by atoms with van der Waals surface area (Å²) in [7, 11) is 0. The van der Waals surface area contributed by atoms with Crippen LogP contribution in [0.2, 0.25) is 0 Å². The first kappa shape index (κ1) is 12.6. The fourth-order valence-corrected chi connectivity index (χ4v) is 2.37. The van der Waals surface area contributed by atoms with Crippen LogP contribution in [0, 0.1) is 0 Å². The van der Waals surface area contributed by atoms with Crippen molar-refractivity contribution in [2.45, 2.75) is 37.8 Å². The van der Waals surface area contributed by atoms with Crippen LogP contribution in [-0.4, -0.2) is 27.5 Å². The first-order chi connectivity index (χ1) is 8.08. The number of halogens is 1. The molecule has 0 aromatic carbocycles. The molecule has 1 aromatic heterocycles. The Morgan fingerprint density at radius 1 is 1.65 bits per heavy atom. The lowest BCUT2D eigenvalue weighted by Crippen LogP contribution is -2.42. The van der Waals surface area contributed by atoms with Gasteiger partial charge in [0.2, 0.25) is 5.88 Å².